The van der Waals surface area contributed by atoms with E-state index in [9.17, 15) is 4.79 Å². The van der Waals surface area contributed by atoms with Crippen molar-refractivity contribution in [3.05, 3.63) is 21.5 Å². The van der Waals surface area contributed by atoms with Crippen molar-refractivity contribution in [2.75, 3.05) is 5.33 Å². The van der Waals surface area contributed by atoms with Gasteiger partial charge in [-0.1, -0.05) is 51.1 Å². The van der Waals surface area contributed by atoms with Gasteiger partial charge in [0.05, 0.1) is 10.3 Å². The van der Waals surface area contributed by atoms with E-state index >= 15 is 0 Å². The average Bonchev–Trinajstić information content (AvgIpc) is 2.81. The van der Waals surface area contributed by atoms with Crippen LogP contribution in [-0.2, 0) is 4.79 Å². The smallest absolute Gasteiger partial charge is 0.242 e. The molecular formula is C9H6BrClN2OS2. The van der Waals surface area contributed by atoms with E-state index in [1.807, 2.05) is 6.20 Å². The van der Waals surface area contributed by atoms with Crippen LogP contribution in [0.5, 0.6) is 0 Å². The normalized spacial score (nSPS) is 32.0. The lowest BCUT2D eigenvalue weighted by Crippen LogP contribution is -2.40. The van der Waals surface area contributed by atoms with Crippen molar-refractivity contribution in [1.82, 2.24) is 4.90 Å². The fraction of sp³-hybridized carbons (Fsp3) is 0.333. The number of allylic oxidation sites excluding steroid dienone is 1. The van der Waals surface area contributed by atoms with Gasteiger partial charge >= 0.3 is 0 Å². The molecule has 0 bridgehead atoms. The van der Waals surface area contributed by atoms with Gasteiger partial charge in [0.2, 0.25) is 5.91 Å². The number of aliphatic imine (C=N–C) groups is 1. The van der Waals surface area contributed by atoms with Crippen molar-refractivity contribution in [3.63, 3.8) is 0 Å². The summed E-state index contributed by atoms with van der Waals surface area (Å²) in [6.07, 6.45) is 3.64. The standard InChI is InChI=1S/C9H6BrClN2OS2/c10-2-4-3-13-8(14)5-1-6(11)16-7(5)12-9(13)15-4/h1,3,5,7H,2H2. The number of hydrogen-bond acceptors (Lipinski definition) is 4. The van der Waals surface area contributed by atoms with Crippen molar-refractivity contribution in [2.45, 2.75) is 5.37 Å². The number of carbonyl (C=O) groups excluding carboxylic acids is 1. The largest absolute Gasteiger partial charge is 0.273 e. The minimum atomic E-state index is -0.201. The molecule has 0 saturated heterocycles. The van der Waals surface area contributed by atoms with E-state index in [0.29, 0.717) is 4.36 Å². The van der Waals surface area contributed by atoms with Gasteiger partial charge in [0, 0.05) is 16.4 Å². The minimum absolute atomic E-state index is 0.0678. The van der Waals surface area contributed by atoms with Crippen LogP contribution >= 0.6 is 51.1 Å². The molecule has 0 aromatic rings. The van der Waals surface area contributed by atoms with Crippen LogP contribution in [-0.4, -0.2) is 26.7 Å². The molecule has 0 N–H and O–H groups in total. The number of rotatable bonds is 1. The summed E-state index contributed by atoms with van der Waals surface area (Å²) in [7, 11) is 0. The molecule has 0 spiro atoms. The second-order valence-corrected chi connectivity index (χ2v) is 6.90. The summed E-state index contributed by atoms with van der Waals surface area (Å²) in [5.41, 5.74) is 0. The first kappa shape index (κ1) is 11.2. The summed E-state index contributed by atoms with van der Waals surface area (Å²) in [5.74, 6) is -0.130. The monoisotopic (exact) mass is 336 g/mol. The maximum atomic E-state index is 12.2. The highest BCUT2D eigenvalue weighted by Gasteiger charge is 2.43. The second kappa shape index (κ2) is 4.08. The molecule has 16 heavy (non-hydrogen) atoms. The molecule has 7 heteroatoms. The zero-order chi connectivity index (χ0) is 11.3. The SMILES string of the molecule is O=C1C2C=C(Cl)SC2N=C2SC(CBr)=CN12. The first-order valence-electron chi connectivity index (χ1n) is 4.58. The molecule has 0 radical (unpaired) electrons. The molecule has 0 fully saturated rings. The summed E-state index contributed by atoms with van der Waals surface area (Å²) in [6.45, 7) is 0. The molecule has 3 heterocycles. The van der Waals surface area contributed by atoms with Crippen LogP contribution in [0.2, 0.25) is 0 Å². The topological polar surface area (TPSA) is 32.7 Å². The van der Waals surface area contributed by atoms with Gasteiger partial charge in [0.15, 0.2) is 5.17 Å². The number of nitrogens with zero attached hydrogens (tertiary/aromatic N) is 2. The van der Waals surface area contributed by atoms with Crippen LogP contribution < -0.4 is 0 Å². The molecular weight excluding hydrogens is 332 g/mol. The fourth-order valence-corrected chi connectivity index (χ4v) is 4.49. The second-order valence-electron chi connectivity index (χ2n) is 3.46. The summed E-state index contributed by atoms with van der Waals surface area (Å²) < 4.78 is 0.670. The Morgan fingerprint density at radius 1 is 1.62 bits per heavy atom. The molecule has 2 atom stereocenters. The summed E-state index contributed by atoms with van der Waals surface area (Å²) in [6, 6.07) is 0. The van der Waals surface area contributed by atoms with Gasteiger partial charge in [-0.05, 0) is 6.08 Å². The van der Waals surface area contributed by atoms with Crippen molar-refractivity contribution in [2.24, 2.45) is 10.9 Å². The molecule has 1 amide bonds. The van der Waals surface area contributed by atoms with Crippen molar-refractivity contribution < 1.29 is 4.79 Å². The van der Waals surface area contributed by atoms with Crippen LogP contribution in [0.15, 0.2) is 26.5 Å². The zero-order valence-electron chi connectivity index (χ0n) is 7.89. The zero-order valence-corrected chi connectivity index (χ0v) is 11.9. The van der Waals surface area contributed by atoms with E-state index in [1.54, 1.807) is 11.0 Å². The van der Waals surface area contributed by atoms with Gasteiger partial charge in [0.1, 0.15) is 5.37 Å². The van der Waals surface area contributed by atoms with Gasteiger partial charge < -0.3 is 0 Å². The van der Waals surface area contributed by atoms with Gasteiger partial charge in [-0.15, -0.1) is 0 Å². The highest BCUT2D eigenvalue weighted by Crippen LogP contribution is 2.45. The molecule has 3 aliphatic heterocycles. The lowest BCUT2D eigenvalue weighted by atomic mass is 10.1. The van der Waals surface area contributed by atoms with E-state index in [1.165, 1.54) is 23.5 Å². The van der Waals surface area contributed by atoms with Gasteiger partial charge in [-0.25, -0.2) is 4.99 Å². The van der Waals surface area contributed by atoms with Gasteiger partial charge in [-0.3, -0.25) is 9.69 Å². The quantitative estimate of drug-likeness (QED) is 0.690. The van der Waals surface area contributed by atoms with Crippen LogP contribution in [0.3, 0.4) is 0 Å². The predicted molar refractivity (Wildman–Crippen MR) is 72.6 cm³/mol. The fourth-order valence-electron chi connectivity index (χ4n) is 1.72. The first-order valence-corrected chi connectivity index (χ1v) is 7.78. The van der Waals surface area contributed by atoms with E-state index in [2.05, 4.69) is 20.9 Å². The number of alkyl halides is 1. The number of hydrogen-bond donors (Lipinski definition) is 0. The first-order chi connectivity index (χ1) is 7.69. The molecule has 3 nitrogen and oxygen atoms in total. The van der Waals surface area contributed by atoms with Crippen molar-refractivity contribution in [3.8, 4) is 0 Å². The van der Waals surface area contributed by atoms with Gasteiger partial charge in [0.25, 0.3) is 0 Å². The number of amides is 1. The number of fused-ring (bicyclic) bond motifs is 2. The van der Waals surface area contributed by atoms with E-state index in [0.717, 1.165) is 15.4 Å². The maximum Gasteiger partial charge on any atom is 0.242 e. The lowest BCUT2D eigenvalue weighted by Gasteiger charge is -2.26. The van der Waals surface area contributed by atoms with Crippen LogP contribution in [0.25, 0.3) is 0 Å². The third-order valence-corrected chi connectivity index (χ3v) is 5.81. The molecule has 0 saturated carbocycles. The number of thioether (sulfide) groups is 2. The van der Waals surface area contributed by atoms with E-state index < -0.39 is 0 Å². The minimum Gasteiger partial charge on any atom is -0.273 e. The van der Waals surface area contributed by atoms with Crippen molar-refractivity contribution >= 4 is 62.1 Å². The Hall–Kier alpha value is 0.0900. The van der Waals surface area contributed by atoms with Crippen LogP contribution in [0.4, 0.5) is 0 Å². The Morgan fingerprint density at radius 3 is 3.19 bits per heavy atom. The molecule has 2 unspecified atom stereocenters. The highest BCUT2D eigenvalue weighted by atomic mass is 79.9. The van der Waals surface area contributed by atoms with Crippen molar-refractivity contribution in [1.29, 1.82) is 0 Å². The summed E-state index contributed by atoms with van der Waals surface area (Å²) in [5, 5.41) is 1.45. The predicted octanol–water partition coefficient (Wildman–Crippen LogP) is 2.94. The Balaban J connectivity index is 1.96. The molecule has 0 aromatic carbocycles. The average molecular weight is 338 g/mol. The molecule has 0 aliphatic carbocycles. The molecule has 3 rings (SSSR count). The Kier molecular flexibility index (Phi) is 2.86. The van der Waals surface area contributed by atoms with Gasteiger partial charge in [-0.2, -0.15) is 0 Å². The number of halogens is 2. The Morgan fingerprint density at radius 2 is 2.44 bits per heavy atom. The van der Waals surface area contributed by atoms with Crippen LogP contribution in [0.1, 0.15) is 0 Å². The highest BCUT2D eigenvalue weighted by molar-refractivity contribution is 9.09. The third-order valence-electron chi connectivity index (χ3n) is 2.44. The molecule has 0 aromatic heterocycles. The summed E-state index contributed by atoms with van der Waals surface area (Å²) in [4.78, 5) is 19.4. The number of carbonyl (C=O) groups is 1. The van der Waals surface area contributed by atoms with E-state index in [-0.39, 0.29) is 17.2 Å². The number of amidine groups is 1. The van der Waals surface area contributed by atoms with Crippen LogP contribution in [0, 0.1) is 5.92 Å². The summed E-state index contributed by atoms with van der Waals surface area (Å²) >= 11 is 12.3. The lowest BCUT2D eigenvalue weighted by molar-refractivity contribution is -0.128. The maximum absolute atomic E-state index is 12.2. The Labute approximate surface area is 114 Å². The van der Waals surface area contributed by atoms with E-state index in [4.69, 9.17) is 11.6 Å². The molecule has 3 aliphatic rings. The Bertz CT molecular complexity index is 462. The molecule has 84 valence electrons. The third kappa shape index (κ3) is 1.66.